The van der Waals surface area contributed by atoms with Crippen LogP contribution in [0.3, 0.4) is 0 Å². The molecular formula is C16H21NO4. The number of carboxylic acid groups (broad SMARTS) is 1. The predicted molar refractivity (Wildman–Crippen MR) is 79.3 cm³/mol. The Morgan fingerprint density at radius 3 is 2.81 bits per heavy atom. The van der Waals surface area contributed by atoms with E-state index in [2.05, 4.69) is 19.2 Å². The topological polar surface area (TPSA) is 75.6 Å². The second-order valence-corrected chi connectivity index (χ2v) is 6.13. The van der Waals surface area contributed by atoms with Gasteiger partial charge in [-0.25, -0.2) is 4.79 Å². The van der Waals surface area contributed by atoms with Crippen molar-refractivity contribution in [2.45, 2.75) is 33.1 Å². The summed E-state index contributed by atoms with van der Waals surface area (Å²) in [5.41, 5.74) is 0.659. The standard InChI is InChI=1S/C16H21NO4/c1-16(2)8-4-7-13(16)15(20)17-11-5-3-6-12(9-11)21-10-14(18)19/h3,5-6,9,13H,4,7-8,10H2,1-2H3,(H,17,20)(H,18,19). The molecule has 1 aromatic carbocycles. The Balaban J connectivity index is 2.01. The van der Waals surface area contributed by atoms with E-state index in [0.29, 0.717) is 11.4 Å². The van der Waals surface area contributed by atoms with Crippen molar-refractivity contribution in [3.63, 3.8) is 0 Å². The summed E-state index contributed by atoms with van der Waals surface area (Å²) in [6.45, 7) is 3.85. The summed E-state index contributed by atoms with van der Waals surface area (Å²) >= 11 is 0. The summed E-state index contributed by atoms with van der Waals surface area (Å²) in [7, 11) is 0. The van der Waals surface area contributed by atoms with Crippen LogP contribution in [-0.4, -0.2) is 23.6 Å². The molecule has 21 heavy (non-hydrogen) atoms. The molecule has 2 rings (SSSR count). The van der Waals surface area contributed by atoms with Crippen LogP contribution in [0.15, 0.2) is 24.3 Å². The zero-order valence-electron chi connectivity index (χ0n) is 12.4. The Hall–Kier alpha value is -2.04. The molecule has 1 fully saturated rings. The van der Waals surface area contributed by atoms with Gasteiger partial charge in [0.05, 0.1) is 0 Å². The lowest BCUT2D eigenvalue weighted by atomic mass is 9.81. The highest BCUT2D eigenvalue weighted by Crippen LogP contribution is 2.43. The van der Waals surface area contributed by atoms with E-state index in [1.807, 2.05) is 0 Å². The molecule has 0 radical (unpaired) electrons. The van der Waals surface area contributed by atoms with Gasteiger partial charge in [0, 0.05) is 17.7 Å². The number of benzene rings is 1. The van der Waals surface area contributed by atoms with Gasteiger partial charge in [0.15, 0.2) is 6.61 Å². The number of rotatable bonds is 5. The third-order valence-electron chi connectivity index (χ3n) is 4.04. The van der Waals surface area contributed by atoms with Crippen LogP contribution in [0.5, 0.6) is 5.75 Å². The van der Waals surface area contributed by atoms with Gasteiger partial charge in [-0.15, -0.1) is 0 Å². The summed E-state index contributed by atoms with van der Waals surface area (Å²) in [6, 6.07) is 6.81. The zero-order valence-corrected chi connectivity index (χ0v) is 12.4. The highest BCUT2D eigenvalue weighted by atomic mass is 16.5. The van der Waals surface area contributed by atoms with Crippen molar-refractivity contribution in [2.75, 3.05) is 11.9 Å². The molecule has 5 nitrogen and oxygen atoms in total. The SMILES string of the molecule is CC1(C)CCCC1C(=O)Nc1cccc(OCC(=O)O)c1. The monoisotopic (exact) mass is 291 g/mol. The molecule has 1 aromatic rings. The maximum Gasteiger partial charge on any atom is 0.341 e. The van der Waals surface area contributed by atoms with Crippen LogP contribution < -0.4 is 10.1 Å². The van der Waals surface area contributed by atoms with E-state index >= 15 is 0 Å². The first kappa shape index (κ1) is 15.4. The Morgan fingerprint density at radius 2 is 2.19 bits per heavy atom. The summed E-state index contributed by atoms with van der Waals surface area (Å²) in [5, 5.41) is 11.5. The molecule has 1 atom stereocenters. The second-order valence-electron chi connectivity index (χ2n) is 6.13. The lowest BCUT2D eigenvalue weighted by Crippen LogP contribution is -2.30. The van der Waals surface area contributed by atoms with Gasteiger partial charge >= 0.3 is 5.97 Å². The number of ether oxygens (including phenoxy) is 1. The van der Waals surface area contributed by atoms with Crippen molar-refractivity contribution in [1.29, 1.82) is 0 Å². The fourth-order valence-corrected chi connectivity index (χ4v) is 2.85. The molecule has 2 N–H and O–H groups in total. The molecule has 1 saturated carbocycles. The summed E-state index contributed by atoms with van der Waals surface area (Å²) < 4.78 is 5.11. The van der Waals surface area contributed by atoms with Crippen molar-refractivity contribution in [3.8, 4) is 5.75 Å². The van der Waals surface area contributed by atoms with Crippen LogP contribution in [0.25, 0.3) is 0 Å². The minimum absolute atomic E-state index is 0.0149. The molecule has 1 amide bonds. The quantitative estimate of drug-likeness (QED) is 0.874. The van der Waals surface area contributed by atoms with E-state index in [-0.39, 0.29) is 17.2 Å². The molecular weight excluding hydrogens is 270 g/mol. The van der Waals surface area contributed by atoms with Crippen molar-refractivity contribution in [2.24, 2.45) is 11.3 Å². The normalized spacial score (nSPS) is 20.0. The molecule has 114 valence electrons. The van der Waals surface area contributed by atoms with E-state index in [4.69, 9.17) is 9.84 Å². The van der Waals surface area contributed by atoms with Gasteiger partial charge in [0.2, 0.25) is 5.91 Å². The van der Waals surface area contributed by atoms with E-state index in [1.54, 1.807) is 24.3 Å². The highest BCUT2D eigenvalue weighted by Gasteiger charge is 2.39. The molecule has 5 heteroatoms. The maximum atomic E-state index is 12.4. The number of nitrogens with one attached hydrogen (secondary N) is 1. The van der Waals surface area contributed by atoms with Crippen molar-refractivity contribution in [1.82, 2.24) is 0 Å². The minimum Gasteiger partial charge on any atom is -0.482 e. The number of carboxylic acids is 1. The molecule has 0 spiro atoms. The first-order valence-corrected chi connectivity index (χ1v) is 7.14. The Kier molecular flexibility index (Phi) is 4.50. The lowest BCUT2D eigenvalue weighted by Gasteiger charge is -2.25. The Morgan fingerprint density at radius 1 is 1.43 bits per heavy atom. The molecule has 1 unspecified atom stereocenters. The van der Waals surface area contributed by atoms with Gasteiger partial charge in [-0.1, -0.05) is 26.3 Å². The smallest absolute Gasteiger partial charge is 0.341 e. The lowest BCUT2D eigenvalue weighted by molar-refractivity contribution is -0.139. The first-order valence-electron chi connectivity index (χ1n) is 7.14. The van der Waals surface area contributed by atoms with Gasteiger partial charge in [-0.2, -0.15) is 0 Å². The van der Waals surface area contributed by atoms with E-state index < -0.39 is 12.6 Å². The summed E-state index contributed by atoms with van der Waals surface area (Å²) in [4.78, 5) is 22.8. The van der Waals surface area contributed by atoms with Crippen molar-refractivity contribution in [3.05, 3.63) is 24.3 Å². The molecule has 0 bridgehead atoms. The average Bonchev–Trinajstić information content (AvgIpc) is 2.76. The molecule has 0 aromatic heterocycles. The summed E-state index contributed by atoms with van der Waals surface area (Å²) in [5.74, 6) is -0.563. The highest BCUT2D eigenvalue weighted by molar-refractivity contribution is 5.93. The number of carbonyl (C=O) groups is 2. The van der Waals surface area contributed by atoms with Crippen LogP contribution >= 0.6 is 0 Å². The van der Waals surface area contributed by atoms with Crippen molar-refractivity contribution >= 4 is 17.6 Å². The van der Waals surface area contributed by atoms with Gasteiger partial charge in [-0.05, 0) is 30.4 Å². The number of amides is 1. The second kappa shape index (κ2) is 6.16. The van der Waals surface area contributed by atoms with Crippen LogP contribution in [0.2, 0.25) is 0 Å². The minimum atomic E-state index is -1.03. The van der Waals surface area contributed by atoms with Gasteiger partial charge in [0.25, 0.3) is 0 Å². The Labute approximate surface area is 124 Å². The van der Waals surface area contributed by atoms with Gasteiger partial charge in [-0.3, -0.25) is 4.79 Å². The molecule has 1 aliphatic rings. The molecule has 1 aliphatic carbocycles. The van der Waals surface area contributed by atoms with E-state index in [0.717, 1.165) is 19.3 Å². The van der Waals surface area contributed by atoms with Crippen LogP contribution in [0.4, 0.5) is 5.69 Å². The maximum absolute atomic E-state index is 12.4. The van der Waals surface area contributed by atoms with Crippen LogP contribution in [0.1, 0.15) is 33.1 Å². The molecule has 0 heterocycles. The number of hydrogen-bond donors (Lipinski definition) is 2. The fourth-order valence-electron chi connectivity index (χ4n) is 2.85. The number of carbonyl (C=O) groups excluding carboxylic acids is 1. The molecule has 0 saturated heterocycles. The van der Waals surface area contributed by atoms with Gasteiger partial charge in [0.1, 0.15) is 5.75 Å². The average molecular weight is 291 g/mol. The molecule has 0 aliphatic heterocycles. The third kappa shape index (κ3) is 3.97. The number of aliphatic carboxylic acids is 1. The number of hydrogen-bond acceptors (Lipinski definition) is 3. The van der Waals surface area contributed by atoms with Crippen LogP contribution in [-0.2, 0) is 9.59 Å². The predicted octanol–water partition coefficient (Wildman–Crippen LogP) is 2.91. The zero-order chi connectivity index (χ0) is 15.5. The Bertz CT molecular complexity index is 539. The fraction of sp³-hybridized carbons (Fsp3) is 0.500. The van der Waals surface area contributed by atoms with Crippen LogP contribution in [0, 0.1) is 11.3 Å². The number of anilines is 1. The first-order chi connectivity index (χ1) is 9.88. The largest absolute Gasteiger partial charge is 0.482 e. The van der Waals surface area contributed by atoms with E-state index in [9.17, 15) is 9.59 Å². The van der Waals surface area contributed by atoms with Gasteiger partial charge < -0.3 is 15.2 Å². The van der Waals surface area contributed by atoms with E-state index in [1.165, 1.54) is 0 Å². The van der Waals surface area contributed by atoms with Crippen molar-refractivity contribution < 1.29 is 19.4 Å². The third-order valence-corrected chi connectivity index (χ3v) is 4.04. The summed E-state index contributed by atoms with van der Waals surface area (Å²) in [6.07, 6.45) is 3.05.